The largest absolute Gasteiger partial charge is 0.207 e. The Labute approximate surface area is 396 Å². The van der Waals surface area contributed by atoms with E-state index in [1.165, 1.54) is 96.1 Å². The van der Waals surface area contributed by atoms with E-state index in [4.69, 9.17) is 0 Å². The van der Waals surface area contributed by atoms with E-state index in [9.17, 15) is 4.39 Å². The first-order chi connectivity index (χ1) is 31.1. The van der Waals surface area contributed by atoms with Crippen molar-refractivity contribution in [1.82, 2.24) is 0 Å². The molecule has 6 aromatic rings. The van der Waals surface area contributed by atoms with Crippen molar-refractivity contribution >= 4 is 35.1 Å². The number of rotatable bonds is 8. The van der Waals surface area contributed by atoms with Gasteiger partial charge in [0.2, 0.25) is 0 Å². The number of halogens is 1. The zero-order valence-corrected chi connectivity index (χ0v) is 41.3. The number of allylic oxidation sites excluding steroid dienone is 8. The van der Waals surface area contributed by atoms with Crippen LogP contribution in [0, 0.1) is 40.4 Å². The van der Waals surface area contributed by atoms with Gasteiger partial charge in [0.15, 0.2) is 0 Å². The fourth-order valence-corrected chi connectivity index (χ4v) is 9.57. The van der Waals surface area contributed by atoms with Crippen molar-refractivity contribution in [3.63, 3.8) is 0 Å². The van der Waals surface area contributed by atoms with Gasteiger partial charge in [-0.1, -0.05) is 210 Å². The van der Waals surface area contributed by atoms with Crippen LogP contribution in [0.15, 0.2) is 178 Å². The van der Waals surface area contributed by atoms with Crippen LogP contribution in [0.25, 0.3) is 46.1 Å². The molecule has 0 aliphatic heterocycles. The molecule has 0 atom stereocenters. The summed E-state index contributed by atoms with van der Waals surface area (Å²) < 4.78 is 13.1. The van der Waals surface area contributed by atoms with E-state index in [2.05, 4.69) is 137 Å². The first kappa shape index (κ1) is 51.3. The highest BCUT2D eigenvalue weighted by atomic mass is 32.1. The topological polar surface area (TPSA) is 0 Å². The quantitative estimate of drug-likeness (QED) is 0.134. The van der Waals surface area contributed by atoms with Crippen LogP contribution in [0.4, 0.5) is 4.39 Å². The summed E-state index contributed by atoms with van der Waals surface area (Å²) in [7, 11) is 0. The molecule has 2 heteroatoms. The van der Waals surface area contributed by atoms with E-state index in [0.29, 0.717) is 0 Å². The molecule has 65 heavy (non-hydrogen) atoms. The summed E-state index contributed by atoms with van der Waals surface area (Å²) in [6, 6.07) is 34.3. The second-order valence-corrected chi connectivity index (χ2v) is 18.3. The Hall–Kier alpha value is -6.35. The predicted molar refractivity (Wildman–Crippen MR) is 290 cm³/mol. The van der Waals surface area contributed by atoms with Crippen LogP contribution in [-0.2, 0) is 11.8 Å². The summed E-state index contributed by atoms with van der Waals surface area (Å²) in [5.41, 5.74) is 20.3. The minimum atomic E-state index is -0.177. The average Bonchev–Trinajstić information content (AvgIpc) is 3.74. The van der Waals surface area contributed by atoms with Crippen LogP contribution in [0.1, 0.15) is 106 Å². The van der Waals surface area contributed by atoms with Gasteiger partial charge < -0.3 is 0 Å². The standard InChI is InChI=1S/C21H22.C14H16S.C13H11F.C8H12.C7H8/c1-7-15-14(4)12-19-20(16(15)8-2)17-10-9-13(3)11-18(17)21(19,5)6;1-4-5-8-12-11(3)15-13-9-6-7-10(2)14(12)13;1-10-7-12(9-13(14)8-10)11-5-3-2-4-6-11;1-4-7-8(5-2)6-3;1-7-5-3-2-4-6-7/h7-12H,1-2H2,3-6H3;4-5,7-8H,1,6,9H2,2-3H3;2-9H,1H3;4-5,7H,1-2,6H2,3H3;2-6H,1H3/b;8-5-;;8-7+;. The van der Waals surface area contributed by atoms with Gasteiger partial charge in [-0.05, 0) is 151 Å². The molecule has 0 saturated carbocycles. The molecule has 0 N–H and O–H groups in total. The molecular weight excluding hydrogens is 808 g/mol. The Morgan fingerprint density at radius 1 is 0.662 bits per heavy atom. The van der Waals surface area contributed by atoms with Crippen LogP contribution in [0.5, 0.6) is 0 Å². The van der Waals surface area contributed by atoms with Crippen molar-refractivity contribution in [2.24, 2.45) is 0 Å². The molecule has 1 heterocycles. The third kappa shape index (κ3) is 13.3. The molecule has 0 radical (unpaired) electrons. The third-order valence-electron chi connectivity index (χ3n) is 11.7. The molecule has 5 aromatic carbocycles. The van der Waals surface area contributed by atoms with E-state index in [-0.39, 0.29) is 11.2 Å². The number of benzene rings is 5. The van der Waals surface area contributed by atoms with Crippen LogP contribution >= 0.6 is 11.3 Å². The predicted octanol–water partition coefficient (Wildman–Crippen LogP) is 19.0. The Balaban J connectivity index is 0.000000188. The molecule has 1 aromatic heterocycles. The maximum absolute atomic E-state index is 13.1. The zero-order valence-electron chi connectivity index (χ0n) is 40.5. The minimum Gasteiger partial charge on any atom is -0.207 e. The molecule has 0 unspecified atom stereocenters. The summed E-state index contributed by atoms with van der Waals surface area (Å²) >= 11 is 1.94. The molecule has 334 valence electrons. The second-order valence-electron chi connectivity index (χ2n) is 17.0. The van der Waals surface area contributed by atoms with Gasteiger partial charge >= 0.3 is 0 Å². The lowest BCUT2D eigenvalue weighted by Gasteiger charge is -2.23. The second kappa shape index (κ2) is 24.6. The molecule has 8 rings (SSSR count). The fourth-order valence-electron chi connectivity index (χ4n) is 8.32. The smallest absolute Gasteiger partial charge is 0.124 e. The normalized spacial score (nSPS) is 12.6. The van der Waals surface area contributed by atoms with E-state index in [1.807, 2.05) is 109 Å². The van der Waals surface area contributed by atoms with Crippen molar-refractivity contribution in [2.45, 2.75) is 87.0 Å². The lowest BCUT2D eigenvalue weighted by atomic mass is 9.80. The first-order valence-electron chi connectivity index (χ1n) is 22.6. The van der Waals surface area contributed by atoms with Gasteiger partial charge in [-0.3, -0.25) is 0 Å². The Morgan fingerprint density at radius 2 is 1.32 bits per heavy atom. The molecule has 0 spiro atoms. The number of fused-ring (bicyclic) bond motifs is 4. The highest BCUT2D eigenvalue weighted by Gasteiger charge is 2.37. The monoisotopic (exact) mass is 877 g/mol. The Kier molecular flexibility index (Phi) is 19.4. The minimum absolute atomic E-state index is 0.0406. The van der Waals surface area contributed by atoms with Crippen molar-refractivity contribution < 1.29 is 4.39 Å². The van der Waals surface area contributed by atoms with Gasteiger partial charge in [-0.2, -0.15) is 0 Å². The van der Waals surface area contributed by atoms with Crippen LogP contribution < -0.4 is 0 Å². The lowest BCUT2D eigenvalue weighted by Crippen LogP contribution is -2.15. The molecule has 0 amide bonds. The van der Waals surface area contributed by atoms with Crippen molar-refractivity contribution in [2.75, 3.05) is 0 Å². The van der Waals surface area contributed by atoms with Crippen molar-refractivity contribution in [3.05, 3.63) is 249 Å². The van der Waals surface area contributed by atoms with E-state index in [0.717, 1.165) is 23.1 Å². The lowest BCUT2D eigenvalue weighted by molar-refractivity contribution is 0.627. The zero-order chi connectivity index (χ0) is 47.7. The van der Waals surface area contributed by atoms with E-state index < -0.39 is 0 Å². The molecule has 0 bridgehead atoms. The fraction of sp³-hybridized carbons (Fsp3) is 0.206. The van der Waals surface area contributed by atoms with Crippen LogP contribution in [-0.4, -0.2) is 0 Å². The summed E-state index contributed by atoms with van der Waals surface area (Å²) in [4.78, 5) is 2.98. The van der Waals surface area contributed by atoms with Crippen molar-refractivity contribution in [3.8, 4) is 22.3 Å². The molecule has 0 nitrogen and oxygen atoms in total. The molecule has 2 aliphatic carbocycles. The molecular formula is C63H69FS. The van der Waals surface area contributed by atoms with Crippen LogP contribution in [0.2, 0.25) is 0 Å². The summed E-state index contributed by atoms with van der Waals surface area (Å²) in [6.45, 7) is 38.4. The third-order valence-corrected chi connectivity index (χ3v) is 12.9. The average molecular weight is 877 g/mol. The van der Waals surface area contributed by atoms with E-state index >= 15 is 0 Å². The first-order valence-corrected chi connectivity index (χ1v) is 23.4. The number of thiophene rings is 1. The SMILES string of the molecule is C=C/C=C(\C=C)CC.C=C/C=C\c1c(C)sc2c1C(C)=CCC2.C=Cc1c(C)cc2c(c1C=C)-c1ccc(C)cc1C2(C)C.Cc1cc(F)cc(-c2ccccc2)c1.Cc1ccccc1. The van der Waals surface area contributed by atoms with Gasteiger partial charge in [0.1, 0.15) is 5.82 Å². The van der Waals surface area contributed by atoms with Crippen molar-refractivity contribution in [1.29, 1.82) is 0 Å². The van der Waals surface area contributed by atoms with Gasteiger partial charge in [-0.25, -0.2) is 4.39 Å². The molecule has 0 saturated heterocycles. The Bertz CT molecular complexity index is 2670. The summed E-state index contributed by atoms with van der Waals surface area (Å²) in [6.07, 6.45) is 21.4. The molecule has 2 aliphatic rings. The maximum Gasteiger partial charge on any atom is 0.124 e. The number of hydrogen-bond acceptors (Lipinski definition) is 1. The summed E-state index contributed by atoms with van der Waals surface area (Å²) in [5.74, 6) is -0.177. The molecule has 0 fully saturated rings. The highest BCUT2D eigenvalue weighted by molar-refractivity contribution is 7.12. The van der Waals surface area contributed by atoms with Gasteiger partial charge in [0, 0.05) is 15.2 Å². The Morgan fingerprint density at radius 3 is 1.86 bits per heavy atom. The number of aryl methyl sites for hydroxylation is 6. The maximum atomic E-state index is 13.1. The van der Waals surface area contributed by atoms with E-state index in [1.54, 1.807) is 17.0 Å². The summed E-state index contributed by atoms with van der Waals surface area (Å²) in [5, 5.41) is 0. The van der Waals surface area contributed by atoms with Gasteiger partial charge in [0.05, 0.1) is 0 Å². The van der Waals surface area contributed by atoms with Gasteiger partial charge in [-0.15, -0.1) is 11.3 Å². The van der Waals surface area contributed by atoms with Crippen LogP contribution in [0.3, 0.4) is 0 Å². The van der Waals surface area contributed by atoms with Gasteiger partial charge in [0.25, 0.3) is 0 Å². The number of hydrogen-bond donors (Lipinski definition) is 0. The highest BCUT2D eigenvalue weighted by Crippen LogP contribution is 2.52.